The highest BCUT2D eigenvalue weighted by atomic mass is 19.1. The number of halogens is 1. The van der Waals surface area contributed by atoms with Gasteiger partial charge in [-0.05, 0) is 36.2 Å². The van der Waals surface area contributed by atoms with Crippen molar-refractivity contribution < 1.29 is 4.39 Å². The minimum Gasteiger partial charge on any atom is -0.240 e. The van der Waals surface area contributed by atoms with Gasteiger partial charge in [0.25, 0.3) is 0 Å². The van der Waals surface area contributed by atoms with E-state index in [1.165, 1.54) is 12.1 Å². The van der Waals surface area contributed by atoms with Crippen LogP contribution in [0.25, 0.3) is 22.5 Å². The normalized spacial score (nSPS) is 10.6. The number of benzene rings is 3. The average molecular weight is 368 g/mol. The van der Waals surface area contributed by atoms with Gasteiger partial charge in [-0.2, -0.15) is 5.26 Å². The smallest absolute Gasteiger partial charge is 0.140 e. The molecule has 1 aromatic heterocycles. The van der Waals surface area contributed by atoms with Gasteiger partial charge in [0.15, 0.2) is 0 Å². The number of hydrogen-bond donors (Lipinski definition) is 0. The Balaban J connectivity index is 1.90. The van der Waals surface area contributed by atoms with Gasteiger partial charge in [0.05, 0.1) is 17.8 Å². The maximum absolute atomic E-state index is 13.8. The molecule has 3 aromatic carbocycles. The van der Waals surface area contributed by atoms with E-state index in [4.69, 9.17) is 0 Å². The van der Waals surface area contributed by atoms with E-state index in [0.29, 0.717) is 17.8 Å². The van der Waals surface area contributed by atoms with Crippen molar-refractivity contribution in [3.8, 4) is 28.6 Å². The molecule has 0 bridgehead atoms. The zero-order chi connectivity index (χ0) is 19.5. The Labute approximate surface area is 162 Å². The number of hydrogen-bond acceptors (Lipinski definition) is 3. The van der Waals surface area contributed by atoms with Crippen LogP contribution in [0.15, 0.2) is 72.8 Å². The first-order chi connectivity index (χ1) is 13.7. The van der Waals surface area contributed by atoms with Crippen molar-refractivity contribution in [1.82, 2.24) is 15.0 Å². The molecule has 0 amide bonds. The molecule has 4 rings (SSSR count). The Morgan fingerprint density at radius 3 is 2.50 bits per heavy atom. The van der Waals surface area contributed by atoms with E-state index < -0.39 is 5.82 Å². The number of nitriles is 1. The number of nitrogens with zero attached hydrogens (tertiary/aromatic N) is 4. The fraction of sp³-hybridized carbons (Fsp3) is 0.0870. The first kappa shape index (κ1) is 17.6. The lowest BCUT2D eigenvalue weighted by atomic mass is 9.99. The monoisotopic (exact) mass is 368 g/mol. The van der Waals surface area contributed by atoms with Crippen LogP contribution >= 0.6 is 0 Å². The molecule has 1 heterocycles. The molecule has 0 fully saturated rings. The molecule has 0 aliphatic heterocycles. The summed E-state index contributed by atoms with van der Waals surface area (Å²) in [5.41, 5.74) is 5.32. The summed E-state index contributed by atoms with van der Waals surface area (Å²) in [5.74, 6) is -0.541. The van der Waals surface area contributed by atoms with E-state index in [1.54, 1.807) is 6.07 Å². The van der Waals surface area contributed by atoms with Crippen molar-refractivity contribution in [2.75, 3.05) is 0 Å². The summed E-state index contributed by atoms with van der Waals surface area (Å²) in [6.45, 7) is 2.59. The maximum atomic E-state index is 13.8. The van der Waals surface area contributed by atoms with E-state index in [0.717, 1.165) is 22.4 Å². The van der Waals surface area contributed by atoms with Crippen LogP contribution in [-0.2, 0) is 6.54 Å². The standard InChI is InChI=1S/C23H17FN4/c1-16-7-5-6-10-20(16)23-22(18-11-12-21(24)19(13-18)14-25)26-27-28(23)15-17-8-3-2-4-9-17/h2-13H,15H2,1H3. The van der Waals surface area contributed by atoms with Crippen molar-refractivity contribution in [3.05, 3.63) is 95.3 Å². The third kappa shape index (κ3) is 3.28. The van der Waals surface area contributed by atoms with Crippen LogP contribution in [0.2, 0.25) is 0 Å². The molecule has 0 N–H and O–H groups in total. The summed E-state index contributed by atoms with van der Waals surface area (Å²) in [7, 11) is 0. The van der Waals surface area contributed by atoms with E-state index in [2.05, 4.69) is 10.3 Å². The lowest BCUT2D eigenvalue weighted by Gasteiger charge is -2.11. The Hall–Kier alpha value is -3.78. The van der Waals surface area contributed by atoms with Crippen LogP contribution in [-0.4, -0.2) is 15.0 Å². The van der Waals surface area contributed by atoms with Crippen LogP contribution in [0.5, 0.6) is 0 Å². The number of aromatic nitrogens is 3. The first-order valence-corrected chi connectivity index (χ1v) is 8.91. The maximum Gasteiger partial charge on any atom is 0.140 e. The molecule has 0 unspecified atom stereocenters. The Kier molecular flexibility index (Phi) is 4.69. The van der Waals surface area contributed by atoms with E-state index >= 15 is 0 Å². The van der Waals surface area contributed by atoms with Gasteiger partial charge < -0.3 is 0 Å². The highest BCUT2D eigenvalue weighted by Gasteiger charge is 2.19. The van der Waals surface area contributed by atoms with E-state index in [-0.39, 0.29) is 5.56 Å². The summed E-state index contributed by atoms with van der Waals surface area (Å²) >= 11 is 0. The Morgan fingerprint density at radius 2 is 1.75 bits per heavy atom. The zero-order valence-corrected chi connectivity index (χ0v) is 15.3. The first-order valence-electron chi connectivity index (χ1n) is 8.91. The van der Waals surface area contributed by atoms with E-state index in [9.17, 15) is 9.65 Å². The molecule has 0 saturated carbocycles. The van der Waals surface area contributed by atoms with Gasteiger partial charge in [-0.25, -0.2) is 9.07 Å². The van der Waals surface area contributed by atoms with Gasteiger partial charge in [-0.3, -0.25) is 0 Å². The topological polar surface area (TPSA) is 54.5 Å². The second-order valence-corrected chi connectivity index (χ2v) is 6.55. The fourth-order valence-corrected chi connectivity index (χ4v) is 3.24. The van der Waals surface area contributed by atoms with Gasteiger partial charge in [-0.15, -0.1) is 5.10 Å². The Morgan fingerprint density at radius 1 is 1.00 bits per heavy atom. The lowest BCUT2D eigenvalue weighted by molar-refractivity contribution is 0.624. The van der Waals surface area contributed by atoms with Crippen molar-refractivity contribution in [2.24, 2.45) is 0 Å². The van der Waals surface area contributed by atoms with Gasteiger partial charge in [0, 0.05) is 11.1 Å². The highest BCUT2D eigenvalue weighted by Crippen LogP contribution is 2.33. The van der Waals surface area contributed by atoms with Gasteiger partial charge in [-0.1, -0.05) is 59.8 Å². The van der Waals surface area contributed by atoms with Gasteiger partial charge >= 0.3 is 0 Å². The molecule has 0 saturated heterocycles. The number of rotatable bonds is 4. The predicted octanol–water partition coefficient (Wildman–Crippen LogP) is 4.98. The number of aryl methyl sites for hydroxylation is 1. The molecule has 4 nitrogen and oxygen atoms in total. The van der Waals surface area contributed by atoms with Gasteiger partial charge in [0.1, 0.15) is 17.6 Å². The molecule has 0 atom stereocenters. The molecular weight excluding hydrogens is 351 g/mol. The highest BCUT2D eigenvalue weighted by molar-refractivity contribution is 5.80. The molecule has 136 valence electrons. The third-order valence-corrected chi connectivity index (χ3v) is 4.67. The molecule has 28 heavy (non-hydrogen) atoms. The molecule has 5 heteroatoms. The summed E-state index contributed by atoms with van der Waals surface area (Å²) in [6.07, 6.45) is 0. The van der Waals surface area contributed by atoms with Gasteiger partial charge in [0.2, 0.25) is 0 Å². The lowest BCUT2D eigenvalue weighted by Crippen LogP contribution is -2.05. The quantitative estimate of drug-likeness (QED) is 0.510. The minimum absolute atomic E-state index is 0.00848. The molecule has 4 aromatic rings. The average Bonchev–Trinajstić information content (AvgIpc) is 3.13. The van der Waals surface area contributed by atoms with Crippen molar-refractivity contribution in [1.29, 1.82) is 5.26 Å². The van der Waals surface area contributed by atoms with Crippen molar-refractivity contribution >= 4 is 0 Å². The molecular formula is C23H17FN4. The summed E-state index contributed by atoms with van der Waals surface area (Å²) < 4.78 is 15.7. The molecule has 0 aliphatic carbocycles. The third-order valence-electron chi connectivity index (χ3n) is 4.67. The van der Waals surface area contributed by atoms with Crippen molar-refractivity contribution in [3.63, 3.8) is 0 Å². The molecule has 0 radical (unpaired) electrons. The second-order valence-electron chi connectivity index (χ2n) is 6.55. The fourth-order valence-electron chi connectivity index (χ4n) is 3.24. The summed E-state index contributed by atoms with van der Waals surface area (Å²) in [6, 6.07) is 24.4. The minimum atomic E-state index is -0.541. The molecule has 0 spiro atoms. The van der Waals surface area contributed by atoms with Crippen molar-refractivity contribution in [2.45, 2.75) is 13.5 Å². The summed E-state index contributed by atoms with van der Waals surface area (Å²) in [5, 5.41) is 17.9. The van der Waals surface area contributed by atoms with Crippen LogP contribution < -0.4 is 0 Å². The Bertz CT molecular complexity index is 1170. The largest absolute Gasteiger partial charge is 0.240 e. The van der Waals surface area contributed by atoms with Crippen LogP contribution in [0, 0.1) is 24.1 Å². The van der Waals surface area contributed by atoms with E-state index in [1.807, 2.05) is 72.3 Å². The molecule has 0 aliphatic rings. The van der Waals surface area contributed by atoms with Crippen LogP contribution in [0.1, 0.15) is 16.7 Å². The SMILES string of the molecule is Cc1ccccc1-c1c(-c2ccc(F)c(C#N)c2)nnn1Cc1ccccc1. The summed E-state index contributed by atoms with van der Waals surface area (Å²) in [4.78, 5) is 0. The zero-order valence-electron chi connectivity index (χ0n) is 15.3. The van der Waals surface area contributed by atoms with Crippen LogP contribution in [0.3, 0.4) is 0 Å². The predicted molar refractivity (Wildman–Crippen MR) is 106 cm³/mol. The van der Waals surface area contributed by atoms with Crippen LogP contribution in [0.4, 0.5) is 4.39 Å². The second kappa shape index (κ2) is 7.45.